The van der Waals surface area contributed by atoms with Crippen LogP contribution in [-0.2, 0) is 38.2 Å². The first-order valence-corrected chi connectivity index (χ1v) is 11.0. The molecule has 35 heavy (non-hydrogen) atoms. The molecule has 0 spiro atoms. The molecule has 0 aromatic heterocycles. The predicted octanol–water partition coefficient (Wildman–Crippen LogP) is -3.20. The molecular weight excluding hydrogens is 472 g/mol. The number of carboxylic acids is 2. The van der Waals surface area contributed by atoms with Crippen LogP contribution in [-0.4, -0.2) is 116 Å². The smallest absolute Gasteiger partial charge is 0.326 e. The molecule has 0 saturated heterocycles. The number of hydrogen-bond donors (Lipinski definition) is 7. The highest BCUT2D eigenvalue weighted by atomic mass is 16.5. The molecule has 2 atom stereocenters. The molecule has 0 aliphatic carbocycles. The van der Waals surface area contributed by atoms with E-state index in [0.717, 1.165) is 0 Å². The molecule has 0 rings (SSSR count). The minimum absolute atomic E-state index is 0.0827. The standard InChI is InChI=1S/C20H36N4O11/c21-14(19(29)30)1-3-17(27)24-15(20(31)32)2-4-16(26)22-5-9-34-11-12-35-13-18(28)23-6-8-33-10-7-25/h14-15,25H,1-13,21H2,(H,22,26)(H,23,28)(H,24,27)(H,29,30)(H,31,32)/t14-,15-/m0/s1. The molecule has 0 fully saturated rings. The van der Waals surface area contributed by atoms with Crippen molar-refractivity contribution in [1.29, 1.82) is 0 Å². The fourth-order valence-corrected chi connectivity index (χ4v) is 2.43. The van der Waals surface area contributed by atoms with Crippen LogP contribution in [0, 0.1) is 0 Å². The average Bonchev–Trinajstić information content (AvgIpc) is 2.81. The molecule has 0 radical (unpaired) electrons. The molecule has 0 saturated carbocycles. The van der Waals surface area contributed by atoms with Crippen molar-refractivity contribution in [1.82, 2.24) is 16.0 Å². The van der Waals surface area contributed by atoms with Crippen LogP contribution in [0.15, 0.2) is 0 Å². The largest absolute Gasteiger partial charge is 0.480 e. The summed E-state index contributed by atoms with van der Waals surface area (Å²) in [5, 5.41) is 33.8. The first-order chi connectivity index (χ1) is 16.7. The Morgan fingerprint density at radius 2 is 1.29 bits per heavy atom. The van der Waals surface area contributed by atoms with E-state index in [1.54, 1.807) is 0 Å². The van der Waals surface area contributed by atoms with Gasteiger partial charge in [-0.25, -0.2) is 4.79 Å². The van der Waals surface area contributed by atoms with Crippen molar-refractivity contribution in [2.75, 3.05) is 59.3 Å². The lowest BCUT2D eigenvalue weighted by Crippen LogP contribution is -2.42. The van der Waals surface area contributed by atoms with Crippen molar-refractivity contribution in [2.24, 2.45) is 5.73 Å². The lowest BCUT2D eigenvalue weighted by molar-refractivity contribution is -0.142. The molecule has 202 valence electrons. The maximum Gasteiger partial charge on any atom is 0.326 e. The van der Waals surface area contributed by atoms with E-state index in [2.05, 4.69) is 16.0 Å². The van der Waals surface area contributed by atoms with E-state index in [1.165, 1.54) is 0 Å². The van der Waals surface area contributed by atoms with Crippen molar-refractivity contribution in [3.63, 3.8) is 0 Å². The van der Waals surface area contributed by atoms with Gasteiger partial charge in [0, 0.05) is 25.9 Å². The van der Waals surface area contributed by atoms with Crippen LogP contribution < -0.4 is 21.7 Å². The Morgan fingerprint density at radius 1 is 0.714 bits per heavy atom. The van der Waals surface area contributed by atoms with Gasteiger partial charge in [0.2, 0.25) is 17.7 Å². The van der Waals surface area contributed by atoms with Gasteiger partial charge in [0.05, 0.1) is 39.6 Å². The fourth-order valence-electron chi connectivity index (χ4n) is 2.43. The third-order valence-electron chi connectivity index (χ3n) is 4.27. The topological polar surface area (TPSA) is 236 Å². The van der Waals surface area contributed by atoms with Crippen molar-refractivity contribution in [2.45, 2.75) is 37.8 Å². The summed E-state index contributed by atoms with van der Waals surface area (Å²) in [5.74, 6) is -4.00. The highest BCUT2D eigenvalue weighted by molar-refractivity contribution is 5.85. The molecule has 0 unspecified atom stereocenters. The number of nitrogens with one attached hydrogen (secondary N) is 3. The summed E-state index contributed by atoms with van der Waals surface area (Å²) in [6.07, 6.45) is -0.708. The van der Waals surface area contributed by atoms with Crippen LogP contribution in [0.2, 0.25) is 0 Å². The minimum atomic E-state index is -1.32. The average molecular weight is 509 g/mol. The zero-order valence-electron chi connectivity index (χ0n) is 19.5. The summed E-state index contributed by atoms with van der Waals surface area (Å²) in [5.41, 5.74) is 5.29. The Kier molecular flexibility index (Phi) is 18.8. The lowest BCUT2D eigenvalue weighted by atomic mass is 10.1. The van der Waals surface area contributed by atoms with E-state index in [0.29, 0.717) is 6.54 Å². The van der Waals surface area contributed by atoms with E-state index < -0.39 is 35.8 Å². The second kappa shape index (κ2) is 20.5. The zero-order valence-corrected chi connectivity index (χ0v) is 19.5. The Bertz CT molecular complexity index is 663. The van der Waals surface area contributed by atoms with E-state index in [4.69, 9.17) is 30.2 Å². The molecular formula is C20H36N4O11. The lowest BCUT2D eigenvalue weighted by Gasteiger charge is -2.15. The third kappa shape index (κ3) is 19.2. The highest BCUT2D eigenvalue weighted by Gasteiger charge is 2.22. The molecule has 3 amide bonds. The van der Waals surface area contributed by atoms with Gasteiger partial charge in [-0.2, -0.15) is 0 Å². The Morgan fingerprint density at radius 3 is 1.89 bits per heavy atom. The first kappa shape index (κ1) is 32.1. The van der Waals surface area contributed by atoms with Gasteiger partial charge in [0.1, 0.15) is 18.7 Å². The number of amides is 3. The van der Waals surface area contributed by atoms with Crippen LogP contribution in [0.25, 0.3) is 0 Å². The molecule has 0 aromatic rings. The van der Waals surface area contributed by atoms with E-state index >= 15 is 0 Å². The zero-order chi connectivity index (χ0) is 26.5. The molecule has 0 aliphatic rings. The van der Waals surface area contributed by atoms with Gasteiger partial charge in [0.25, 0.3) is 0 Å². The van der Waals surface area contributed by atoms with E-state index in [1.807, 2.05) is 0 Å². The second-order valence-electron chi connectivity index (χ2n) is 7.18. The number of hydrogen-bond acceptors (Lipinski definition) is 10. The number of ether oxygens (including phenoxy) is 3. The summed E-state index contributed by atoms with van der Waals surface area (Å²) < 4.78 is 15.4. The highest BCUT2D eigenvalue weighted by Crippen LogP contribution is 2.01. The van der Waals surface area contributed by atoms with Gasteiger partial charge < -0.3 is 51.2 Å². The van der Waals surface area contributed by atoms with Crippen LogP contribution in [0.1, 0.15) is 25.7 Å². The SMILES string of the molecule is N[C@@H](CCC(=O)N[C@@H](CCC(=O)NCCOCCOCC(=O)NCCOCCO)C(=O)O)C(=O)O. The normalized spacial score (nSPS) is 12.4. The van der Waals surface area contributed by atoms with E-state index in [9.17, 15) is 29.1 Å². The van der Waals surface area contributed by atoms with Gasteiger partial charge in [-0.15, -0.1) is 0 Å². The molecule has 8 N–H and O–H groups in total. The number of aliphatic hydroxyl groups is 1. The van der Waals surface area contributed by atoms with Crippen LogP contribution in [0.5, 0.6) is 0 Å². The molecule has 15 nitrogen and oxygen atoms in total. The molecule has 0 aromatic carbocycles. The molecule has 0 bridgehead atoms. The van der Waals surface area contributed by atoms with Crippen molar-refractivity contribution >= 4 is 29.7 Å². The number of carbonyl (C=O) groups is 5. The number of aliphatic carboxylic acids is 2. The number of nitrogens with two attached hydrogens (primary N) is 1. The predicted molar refractivity (Wildman–Crippen MR) is 119 cm³/mol. The van der Waals surface area contributed by atoms with Gasteiger partial charge in [-0.05, 0) is 12.8 Å². The number of aliphatic hydroxyl groups excluding tert-OH is 1. The van der Waals surface area contributed by atoms with Crippen LogP contribution in [0.3, 0.4) is 0 Å². The van der Waals surface area contributed by atoms with Crippen molar-refractivity contribution < 1.29 is 53.5 Å². The van der Waals surface area contributed by atoms with E-state index in [-0.39, 0.29) is 84.4 Å². The van der Waals surface area contributed by atoms with Gasteiger partial charge in [-0.3, -0.25) is 19.2 Å². The quantitative estimate of drug-likeness (QED) is 0.0716. The Hall–Kier alpha value is -2.85. The number of carbonyl (C=O) groups excluding carboxylic acids is 3. The number of carboxylic acid groups (broad SMARTS) is 2. The van der Waals surface area contributed by atoms with Gasteiger partial charge >= 0.3 is 11.9 Å². The van der Waals surface area contributed by atoms with Crippen LogP contribution >= 0.6 is 0 Å². The summed E-state index contributed by atoms with van der Waals surface area (Å²) >= 11 is 0. The first-order valence-electron chi connectivity index (χ1n) is 11.0. The third-order valence-corrected chi connectivity index (χ3v) is 4.27. The van der Waals surface area contributed by atoms with Crippen LogP contribution in [0.4, 0.5) is 0 Å². The fraction of sp³-hybridized carbons (Fsp3) is 0.750. The summed E-state index contributed by atoms with van der Waals surface area (Å²) in [4.78, 5) is 57.0. The van der Waals surface area contributed by atoms with Gasteiger partial charge in [0.15, 0.2) is 0 Å². The molecule has 0 aliphatic heterocycles. The summed E-state index contributed by atoms with van der Waals surface area (Å²) in [6.45, 7) is 1.28. The Labute approximate surface area is 202 Å². The number of rotatable bonds is 22. The monoisotopic (exact) mass is 508 g/mol. The summed E-state index contributed by atoms with van der Waals surface area (Å²) in [6, 6.07) is -2.52. The second-order valence-corrected chi connectivity index (χ2v) is 7.18. The maximum atomic E-state index is 11.9. The maximum absolute atomic E-state index is 11.9. The van der Waals surface area contributed by atoms with Crippen molar-refractivity contribution in [3.05, 3.63) is 0 Å². The molecule has 0 heterocycles. The minimum Gasteiger partial charge on any atom is -0.480 e. The Balaban J connectivity index is 3.82. The van der Waals surface area contributed by atoms with Crippen molar-refractivity contribution in [3.8, 4) is 0 Å². The molecule has 15 heteroatoms. The summed E-state index contributed by atoms with van der Waals surface area (Å²) in [7, 11) is 0. The van der Waals surface area contributed by atoms with Gasteiger partial charge in [-0.1, -0.05) is 0 Å².